The summed E-state index contributed by atoms with van der Waals surface area (Å²) in [4.78, 5) is 55.0. The second kappa shape index (κ2) is 22.9. The number of nitrogens with zero attached hydrogens (tertiary/aromatic N) is 4. The average Bonchev–Trinajstić information content (AvgIpc) is 3.81. The number of imidazole rings is 2. The number of rotatable bonds is 22. The van der Waals surface area contributed by atoms with E-state index in [4.69, 9.17) is 64.8 Å². The minimum absolute atomic E-state index is 0.261. The number of hydrogen-bond donors (Lipinski definition) is 10. The molecule has 18 N–H and O–H groups in total. The van der Waals surface area contributed by atoms with Gasteiger partial charge in [-0.3, -0.25) is 19.2 Å². The number of amides is 4. The van der Waals surface area contributed by atoms with Gasteiger partial charge in [0.05, 0.1) is 49.8 Å². The predicted molar refractivity (Wildman–Crippen MR) is 264 cm³/mol. The van der Waals surface area contributed by atoms with Crippen molar-refractivity contribution in [1.82, 2.24) is 19.1 Å². The van der Waals surface area contributed by atoms with E-state index < -0.39 is 23.6 Å². The Hall–Kier alpha value is -8.82. The van der Waals surface area contributed by atoms with E-state index in [-0.39, 0.29) is 28.6 Å². The first-order valence-corrected chi connectivity index (χ1v) is 21.3. The van der Waals surface area contributed by atoms with Gasteiger partial charge < -0.3 is 84.6 Å². The molecule has 0 radical (unpaired) electrons. The Morgan fingerprint density at radius 3 is 1.32 bits per heavy atom. The van der Waals surface area contributed by atoms with Gasteiger partial charge in [0, 0.05) is 48.4 Å². The molecule has 2 heterocycles. The second-order valence-electron chi connectivity index (χ2n) is 15.0. The molecule has 0 aliphatic carbocycles. The Labute approximate surface area is 391 Å². The third kappa shape index (κ3) is 11.9. The fourth-order valence-corrected chi connectivity index (χ4v) is 6.90. The zero-order chi connectivity index (χ0) is 49.7. The number of nitrogens with two attached hydrogens (primary N) is 8. The van der Waals surface area contributed by atoms with Crippen LogP contribution in [0.25, 0.3) is 22.1 Å². The molecule has 0 fully saturated rings. The van der Waals surface area contributed by atoms with Gasteiger partial charge in [-0.25, -0.2) is 9.97 Å². The highest BCUT2D eigenvalue weighted by Gasteiger charge is 2.19. The Morgan fingerprint density at radius 2 is 0.897 bits per heavy atom. The van der Waals surface area contributed by atoms with Crippen LogP contribution in [0.15, 0.2) is 72.8 Å². The molecule has 4 aromatic carbocycles. The fourth-order valence-electron chi connectivity index (χ4n) is 6.90. The van der Waals surface area contributed by atoms with Crippen molar-refractivity contribution in [2.75, 3.05) is 74.1 Å². The number of aromatic nitrogens is 4. The summed E-state index contributed by atoms with van der Waals surface area (Å²) < 4.78 is 25.9. The molecule has 0 atom stereocenters. The van der Waals surface area contributed by atoms with Crippen molar-refractivity contribution in [1.29, 1.82) is 0 Å². The molecule has 0 spiro atoms. The second-order valence-corrected chi connectivity index (χ2v) is 15.0. The van der Waals surface area contributed by atoms with Crippen molar-refractivity contribution in [3.8, 4) is 23.0 Å². The maximum absolute atomic E-state index is 11.7. The Morgan fingerprint density at radius 1 is 0.529 bits per heavy atom. The molecular weight excluding hydrogens is 877 g/mol. The van der Waals surface area contributed by atoms with Crippen molar-refractivity contribution >= 4 is 80.3 Å². The van der Waals surface area contributed by atoms with Crippen LogP contribution in [0, 0.1) is 0 Å². The summed E-state index contributed by atoms with van der Waals surface area (Å²) in [5.74, 6) is 0.0274. The molecule has 68 heavy (non-hydrogen) atoms. The van der Waals surface area contributed by atoms with Crippen molar-refractivity contribution in [2.45, 2.75) is 39.8 Å². The molecule has 4 amide bonds. The van der Waals surface area contributed by atoms with Gasteiger partial charge in [-0.05, 0) is 61.4 Å². The zero-order valence-electron chi connectivity index (χ0n) is 38.3. The summed E-state index contributed by atoms with van der Waals surface area (Å²) in [6.07, 6.45) is 9.16. The Kier molecular flexibility index (Phi) is 16.9. The van der Waals surface area contributed by atoms with Gasteiger partial charge in [0.2, 0.25) is 35.5 Å². The molecule has 0 unspecified atom stereocenters. The summed E-state index contributed by atoms with van der Waals surface area (Å²) in [5.41, 5.74) is 51.3. The summed E-state index contributed by atoms with van der Waals surface area (Å²) in [6, 6.07) is 12.4. The third-order valence-electron chi connectivity index (χ3n) is 10.1. The topological polar surface area (TPSA) is 373 Å². The number of ether oxygens (including phenoxy) is 4. The van der Waals surface area contributed by atoms with Crippen LogP contribution < -0.4 is 75.5 Å². The molecule has 0 aliphatic heterocycles. The molecule has 0 saturated heterocycles. The molecule has 22 heteroatoms. The first-order chi connectivity index (χ1) is 32.5. The molecule has 360 valence electrons. The van der Waals surface area contributed by atoms with E-state index in [1.54, 1.807) is 39.5 Å². The van der Waals surface area contributed by atoms with E-state index in [2.05, 4.69) is 20.6 Å². The number of fused-ring (bicyclic) bond motifs is 2. The Bertz CT molecular complexity index is 2890. The zero-order valence-corrected chi connectivity index (χ0v) is 38.3. The monoisotopic (exact) mass is 934 g/mol. The van der Waals surface area contributed by atoms with Crippen LogP contribution in [-0.4, -0.2) is 83.3 Å². The predicted octanol–water partition coefficient (Wildman–Crippen LogP) is 3.73. The van der Waals surface area contributed by atoms with E-state index in [0.717, 1.165) is 12.8 Å². The lowest BCUT2D eigenvalue weighted by molar-refractivity contribution is 0.0991. The number of carbonyl (C=O) groups is 4. The van der Waals surface area contributed by atoms with Gasteiger partial charge >= 0.3 is 0 Å². The maximum Gasteiger partial charge on any atom is 0.248 e. The number of primary amides is 4. The third-order valence-corrected chi connectivity index (χ3v) is 10.1. The van der Waals surface area contributed by atoms with Crippen LogP contribution >= 0.6 is 0 Å². The maximum atomic E-state index is 11.7. The number of nitrogen functional groups attached to an aromatic ring is 4. The first-order valence-electron chi connectivity index (χ1n) is 21.3. The van der Waals surface area contributed by atoms with Crippen LogP contribution in [0.1, 0.15) is 68.1 Å². The van der Waals surface area contributed by atoms with Crippen molar-refractivity contribution in [2.24, 2.45) is 22.9 Å². The van der Waals surface area contributed by atoms with Gasteiger partial charge in [-0.15, -0.1) is 0 Å². The highest BCUT2D eigenvalue weighted by molar-refractivity contribution is 6.00. The molecule has 22 nitrogen and oxygen atoms in total. The van der Waals surface area contributed by atoms with E-state index in [0.29, 0.717) is 113 Å². The molecule has 6 aromatic rings. The molecule has 6 rings (SSSR count). The van der Waals surface area contributed by atoms with E-state index in [1.807, 2.05) is 38.2 Å². The van der Waals surface area contributed by atoms with E-state index in [9.17, 15) is 19.2 Å². The first kappa shape index (κ1) is 50.2. The standard InChI is InChI=1S/C24H28N8O4.C22H30N6O4/c1-3-8-36-18-12-14(22(26)34)10-16-20(18)32(24(28)30-16)7-5-4-6-31-19-15(29-23(31)27)9-13(21(25)33)11-17(19)35-2;1-3-8-32-18-12-14(22(26)30)10-16(24)20(18)28-7-5-4-6-27-19-15(23)9-13(21(25)29)11-17(19)31-2/h4-5,9-12H,3,6-8H2,1-2H3,(H2,25,33)(H2,26,34)(H2,27,29)(H2,28,30);4-5,9-12,27-28H,3,6-8,23-24H2,1-2H3,(H2,25,29)(H2,26,30)/b2*5-4+. The van der Waals surface area contributed by atoms with Crippen LogP contribution in [0.2, 0.25) is 0 Å². The van der Waals surface area contributed by atoms with Crippen molar-refractivity contribution < 1.29 is 38.1 Å². The van der Waals surface area contributed by atoms with Crippen molar-refractivity contribution in [3.05, 3.63) is 95.1 Å². The fraction of sp³-hybridized carbons (Fsp3) is 0.261. The lowest BCUT2D eigenvalue weighted by Crippen LogP contribution is -2.14. The van der Waals surface area contributed by atoms with E-state index in [1.165, 1.54) is 32.4 Å². The van der Waals surface area contributed by atoms with Gasteiger partial charge in [0.15, 0.2) is 0 Å². The average molecular weight is 935 g/mol. The van der Waals surface area contributed by atoms with Crippen molar-refractivity contribution in [3.63, 3.8) is 0 Å². The molecule has 0 bridgehead atoms. The number of anilines is 6. The Balaban J connectivity index is 0.000000256. The van der Waals surface area contributed by atoms with Gasteiger partial charge in [0.25, 0.3) is 0 Å². The summed E-state index contributed by atoms with van der Waals surface area (Å²) in [5, 5.41) is 6.34. The van der Waals surface area contributed by atoms with Gasteiger partial charge in [-0.2, -0.15) is 0 Å². The largest absolute Gasteiger partial charge is 0.494 e. The lowest BCUT2D eigenvalue weighted by atomic mass is 10.1. The molecule has 0 aliphatic rings. The van der Waals surface area contributed by atoms with Gasteiger partial charge in [-0.1, -0.05) is 38.2 Å². The summed E-state index contributed by atoms with van der Waals surface area (Å²) in [7, 11) is 2.98. The van der Waals surface area contributed by atoms with Crippen LogP contribution in [0.3, 0.4) is 0 Å². The quantitative estimate of drug-likeness (QED) is 0.0342. The minimum Gasteiger partial charge on any atom is -0.494 e. The number of nitrogens with one attached hydrogen (secondary N) is 2. The van der Waals surface area contributed by atoms with Crippen LogP contribution in [0.4, 0.5) is 34.6 Å². The SMILES string of the molecule is CCCOc1cc(C(N)=O)cc(N)c1NC/C=C/CNc1c(N)cc(C(N)=O)cc1OC.CCCOc1cc(C(N)=O)cc2nc(N)n(C/C=C/Cn3c(N)nc4cc(C(N)=O)cc(OC)c43)c12. The highest BCUT2D eigenvalue weighted by Crippen LogP contribution is 2.35. The number of methoxy groups -OCH3 is 2. The molecule has 2 aromatic heterocycles. The normalized spacial score (nSPS) is 11.1. The smallest absolute Gasteiger partial charge is 0.248 e. The summed E-state index contributed by atoms with van der Waals surface area (Å²) in [6.45, 7) is 6.58. The number of allylic oxidation sites excluding steroid dienone is 2. The highest BCUT2D eigenvalue weighted by atomic mass is 16.5. The number of carbonyl (C=O) groups excluding carboxylic acids is 4. The van der Waals surface area contributed by atoms with Gasteiger partial charge in [0.1, 0.15) is 45.4 Å². The number of hydrogen-bond acceptors (Lipinski definition) is 16. The van der Waals surface area contributed by atoms with E-state index >= 15 is 0 Å². The molecular formula is C46H58N14O8. The number of benzene rings is 4. The minimum atomic E-state index is -0.585. The molecule has 0 saturated carbocycles. The lowest BCUT2D eigenvalue weighted by Gasteiger charge is -2.16. The van der Waals surface area contributed by atoms with Crippen LogP contribution in [0.5, 0.6) is 23.0 Å². The van der Waals surface area contributed by atoms with Crippen LogP contribution in [-0.2, 0) is 13.1 Å². The summed E-state index contributed by atoms with van der Waals surface area (Å²) >= 11 is 0.